The second-order valence-corrected chi connectivity index (χ2v) is 8.66. The Hall–Kier alpha value is -3.87. The maximum absolute atomic E-state index is 12.4. The summed E-state index contributed by atoms with van der Waals surface area (Å²) in [5.74, 6) is 1.26. The molecule has 0 aliphatic carbocycles. The molecule has 0 saturated carbocycles. The number of hydrogen-bond acceptors (Lipinski definition) is 4. The molecule has 0 spiro atoms. The van der Waals surface area contributed by atoms with Gasteiger partial charge in [0.25, 0.3) is 5.91 Å². The number of nitrogens with one attached hydrogen (secondary N) is 1. The fraction of sp³-hybridized carbons (Fsp3) is 0.143. The molecular formula is C28H24ClN3O3. The summed E-state index contributed by atoms with van der Waals surface area (Å²) in [7, 11) is 0. The van der Waals surface area contributed by atoms with Gasteiger partial charge in [-0.2, -0.15) is 0 Å². The Labute approximate surface area is 207 Å². The predicted molar refractivity (Wildman–Crippen MR) is 138 cm³/mol. The predicted octanol–water partition coefficient (Wildman–Crippen LogP) is 5.19. The number of benzene rings is 4. The SMILES string of the molecule is O=C(NCCO)c1ccc2c(c1)nc(COc1ccc3ccccc3c1)n2Cc1ccc(Cl)cc1. The van der Waals surface area contributed by atoms with Crippen LogP contribution in [0.25, 0.3) is 21.8 Å². The Morgan fingerprint density at radius 1 is 0.971 bits per heavy atom. The molecule has 0 unspecified atom stereocenters. The number of nitrogens with zero attached hydrogens (tertiary/aromatic N) is 2. The number of aliphatic hydroxyl groups excluding tert-OH is 1. The van der Waals surface area contributed by atoms with E-state index >= 15 is 0 Å². The number of carbonyl (C=O) groups is 1. The third kappa shape index (κ3) is 5.14. The molecule has 0 atom stereocenters. The lowest BCUT2D eigenvalue weighted by Gasteiger charge is -2.12. The van der Waals surface area contributed by atoms with Crippen LogP contribution in [0, 0.1) is 0 Å². The van der Waals surface area contributed by atoms with Gasteiger partial charge in [0.1, 0.15) is 18.2 Å². The van der Waals surface area contributed by atoms with Crippen molar-refractivity contribution in [2.75, 3.05) is 13.2 Å². The molecule has 0 bridgehead atoms. The molecule has 0 saturated heterocycles. The van der Waals surface area contributed by atoms with E-state index in [0.717, 1.165) is 33.4 Å². The Morgan fingerprint density at radius 2 is 1.77 bits per heavy atom. The van der Waals surface area contributed by atoms with Gasteiger partial charge in [-0.15, -0.1) is 0 Å². The van der Waals surface area contributed by atoms with Crippen LogP contribution in [0.15, 0.2) is 84.9 Å². The summed E-state index contributed by atoms with van der Waals surface area (Å²) < 4.78 is 8.24. The highest BCUT2D eigenvalue weighted by Crippen LogP contribution is 2.24. The lowest BCUT2D eigenvalue weighted by Crippen LogP contribution is -2.26. The number of hydrogen-bond donors (Lipinski definition) is 2. The molecule has 6 nitrogen and oxygen atoms in total. The number of imidazole rings is 1. The fourth-order valence-corrected chi connectivity index (χ4v) is 4.18. The third-order valence-corrected chi connectivity index (χ3v) is 6.08. The number of fused-ring (bicyclic) bond motifs is 2. The Balaban J connectivity index is 1.47. The van der Waals surface area contributed by atoms with Crippen LogP contribution in [-0.2, 0) is 13.2 Å². The van der Waals surface area contributed by atoms with Crippen LogP contribution in [0.2, 0.25) is 5.02 Å². The first-order valence-electron chi connectivity index (χ1n) is 11.3. The van der Waals surface area contributed by atoms with E-state index < -0.39 is 0 Å². The zero-order valence-electron chi connectivity index (χ0n) is 18.9. The number of carbonyl (C=O) groups excluding carboxylic acids is 1. The van der Waals surface area contributed by atoms with Crippen molar-refractivity contribution in [1.82, 2.24) is 14.9 Å². The van der Waals surface area contributed by atoms with Gasteiger partial charge in [0, 0.05) is 23.7 Å². The summed E-state index contributed by atoms with van der Waals surface area (Å²) in [6.07, 6.45) is 0. The smallest absolute Gasteiger partial charge is 0.251 e. The Kier molecular flexibility index (Phi) is 6.66. The van der Waals surface area contributed by atoms with Crippen LogP contribution in [0.4, 0.5) is 0 Å². The topological polar surface area (TPSA) is 76.4 Å². The van der Waals surface area contributed by atoms with Gasteiger partial charge in [0.05, 0.1) is 17.6 Å². The van der Waals surface area contributed by atoms with Gasteiger partial charge in [0.15, 0.2) is 0 Å². The van der Waals surface area contributed by atoms with Crippen molar-refractivity contribution in [1.29, 1.82) is 0 Å². The maximum Gasteiger partial charge on any atom is 0.251 e. The largest absolute Gasteiger partial charge is 0.486 e. The summed E-state index contributed by atoms with van der Waals surface area (Å²) in [5.41, 5.74) is 3.16. The molecule has 1 heterocycles. The van der Waals surface area contributed by atoms with Crippen molar-refractivity contribution < 1.29 is 14.6 Å². The number of amides is 1. The second-order valence-electron chi connectivity index (χ2n) is 8.22. The second kappa shape index (κ2) is 10.2. The van der Waals surface area contributed by atoms with E-state index in [4.69, 9.17) is 26.4 Å². The first kappa shape index (κ1) is 22.9. The zero-order valence-corrected chi connectivity index (χ0v) is 19.7. The highest BCUT2D eigenvalue weighted by atomic mass is 35.5. The first-order chi connectivity index (χ1) is 17.1. The van der Waals surface area contributed by atoms with E-state index in [1.807, 2.05) is 60.7 Å². The molecule has 0 aliphatic heterocycles. The molecule has 7 heteroatoms. The summed E-state index contributed by atoms with van der Waals surface area (Å²) in [6.45, 7) is 0.944. The van der Waals surface area contributed by atoms with Gasteiger partial charge in [-0.1, -0.05) is 54.1 Å². The van der Waals surface area contributed by atoms with Crippen LogP contribution in [0.1, 0.15) is 21.7 Å². The summed E-state index contributed by atoms with van der Waals surface area (Å²) in [4.78, 5) is 17.2. The van der Waals surface area contributed by atoms with E-state index in [9.17, 15) is 4.79 Å². The van der Waals surface area contributed by atoms with E-state index in [0.29, 0.717) is 22.6 Å². The number of halogens is 1. The molecule has 0 aliphatic rings. The van der Waals surface area contributed by atoms with E-state index in [2.05, 4.69) is 22.0 Å². The number of rotatable bonds is 8. The summed E-state index contributed by atoms with van der Waals surface area (Å²) in [6, 6.07) is 27.3. The third-order valence-electron chi connectivity index (χ3n) is 5.83. The lowest BCUT2D eigenvalue weighted by atomic mass is 10.1. The van der Waals surface area contributed by atoms with Crippen molar-refractivity contribution in [2.24, 2.45) is 0 Å². The van der Waals surface area contributed by atoms with Crippen LogP contribution in [0.5, 0.6) is 5.75 Å². The molecule has 5 rings (SSSR count). The number of aliphatic hydroxyl groups is 1. The molecule has 35 heavy (non-hydrogen) atoms. The van der Waals surface area contributed by atoms with E-state index in [1.54, 1.807) is 12.1 Å². The van der Waals surface area contributed by atoms with Gasteiger partial charge in [-0.25, -0.2) is 4.98 Å². The highest BCUT2D eigenvalue weighted by Gasteiger charge is 2.15. The van der Waals surface area contributed by atoms with Gasteiger partial charge >= 0.3 is 0 Å². The zero-order chi connectivity index (χ0) is 24.2. The molecular weight excluding hydrogens is 462 g/mol. The molecule has 176 valence electrons. The maximum atomic E-state index is 12.4. The van der Waals surface area contributed by atoms with Crippen LogP contribution >= 0.6 is 11.6 Å². The number of aromatic nitrogens is 2. The van der Waals surface area contributed by atoms with E-state index in [-0.39, 0.29) is 25.7 Å². The van der Waals surface area contributed by atoms with Crippen molar-refractivity contribution in [3.63, 3.8) is 0 Å². The van der Waals surface area contributed by atoms with E-state index in [1.165, 1.54) is 0 Å². The molecule has 1 amide bonds. The minimum Gasteiger partial charge on any atom is -0.486 e. The van der Waals surface area contributed by atoms with Gasteiger partial charge in [0.2, 0.25) is 0 Å². The molecule has 1 aromatic heterocycles. The summed E-state index contributed by atoms with van der Waals surface area (Å²) >= 11 is 6.07. The van der Waals surface area contributed by atoms with Gasteiger partial charge in [-0.05, 0) is 58.8 Å². The minimum absolute atomic E-state index is 0.111. The average Bonchev–Trinajstić information content (AvgIpc) is 3.23. The highest BCUT2D eigenvalue weighted by molar-refractivity contribution is 6.30. The van der Waals surface area contributed by atoms with Crippen molar-refractivity contribution in [3.8, 4) is 5.75 Å². The lowest BCUT2D eigenvalue weighted by molar-refractivity contribution is 0.0945. The van der Waals surface area contributed by atoms with Crippen LogP contribution in [0.3, 0.4) is 0 Å². The monoisotopic (exact) mass is 485 g/mol. The fourth-order valence-electron chi connectivity index (χ4n) is 4.06. The summed E-state index contributed by atoms with van der Waals surface area (Å²) in [5, 5.41) is 14.6. The van der Waals surface area contributed by atoms with Crippen molar-refractivity contribution >= 4 is 39.3 Å². The molecule has 2 N–H and O–H groups in total. The van der Waals surface area contributed by atoms with Crippen LogP contribution in [-0.4, -0.2) is 33.7 Å². The normalized spacial score (nSPS) is 11.1. The van der Waals surface area contributed by atoms with Crippen molar-refractivity contribution in [2.45, 2.75) is 13.2 Å². The van der Waals surface area contributed by atoms with Crippen LogP contribution < -0.4 is 10.1 Å². The Bertz CT molecular complexity index is 1500. The minimum atomic E-state index is -0.248. The van der Waals surface area contributed by atoms with Gasteiger partial charge < -0.3 is 19.7 Å². The first-order valence-corrected chi connectivity index (χ1v) is 11.7. The molecule has 4 aromatic carbocycles. The average molecular weight is 486 g/mol. The molecule has 5 aromatic rings. The molecule has 0 fully saturated rings. The quantitative estimate of drug-likeness (QED) is 0.317. The Morgan fingerprint density at radius 3 is 2.57 bits per heavy atom. The standard InChI is InChI=1S/C28H24ClN3O3/c29-23-9-5-19(6-10-23)17-32-26-12-8-22(28(34)30-13-14-33)16-25(26)31-27(32)18-35-24-11-7-20-3-1-2-4-21(20)15-24/h1-12,15-16,33H,13-14,17-18H2,(H,30,34). The van der Waals surface area contributed by atoms with Gasteiger partial charge in [-0.3, -0.25) is 4.79 Å². The van der Waals surface area contributed by atoms with Crippen molar-refractivity contribution in [3.05, 3.63) is 107 Å². The number of ether oxygens (including phenoxy) is 1. The molecule has 0 radical (unpaired) electrons.